The number of ketones is 1. The zero-order valence-electron chi connectivity index (χ0n) is 9.06. The molecular formula is C13H11FN2O. The van der Waals surface area contributed by atoms with E-state index in [1.807, 2.05) is 0 Å². The smallest absolute Gasteiger partial charge is 0.170 e. The summed E-state index contributed by atoms with van der Waals surface area (Å²) in [6.45, 7) is 0. The molecule has 2 aromatic rings. The van der Waals surface area contributed by atoms with Crippen molar-refractivity contribution in [2.24, 2.45) is 0 Å². The van der Waals surface area contributed by atoms with Crippen molar-refractivity contribution in [3.05, 3.63) is 59.7 Å². The lowest BCUT2D eigenvalue weighted by atomic mass is 10.0. The van der Waals surface area contributed by atoms with Gasteiger partial charge < -0.3 is 5.73 Å². The molecule has 0 spiro atoms. The average molecular weight is 230 g/mol. The monoisotopic (exact) mass is 230 g/mol. The summed E-state index contributed by atoms with van der Waals surface area (Å²) in [5.74, 6) is -0.878. The first-order chi connectivity index (χ1) is 8.16. The van der Waals surface area contributed by atoms with E-state index >= 15 is 0 Å². The number of nitrogen functional groups attached to an aromatic ring is 1. The number of anilines is 1. The third kappa shape index (κ3) is 2.66. The predicted molar refractivity (Wildman–Crippen MR) is 63.1 cm³/mol. The second kappa shape index (κ2) is 4.74. The number of nitrogens with zero attached hydrogens (tertiary/aromatic N) is 1. The van der Waals surface area contributed by atoms with Crippen molar-refractivity contribution in [3.8, 4) is 0 Å². The van der Waals surface area contributed by atoms with Gasteiger partial charge in [-0.1, -0.05) is 12.1 Å². The van der Waals surface area contributed by atoms with Crippen LogP contribution < -0.4 is 5.73 Å². The van der Waals surface area contributed by atoms with E-state index in [9.17, 15) is 9.18 Å². The summed E-state index contributed by atoms with van der Waals surface area (Å²) in [6.07, 6.45) is 2.56. The number of hydrogen-bond donors (Lipinski definition) is 1. The summed E-state index contributed by atoms with van der Waals surface area (Å²) < 4.78 is 13.3. The van der Waals surface area contributed by atoms with Crippen molar-refractivity contribution in [2.45, 2.75) is 6.42 Å². The minimum Gasteiger partial charge on any atom is -0.399 e. The van der Waals surface area contributed by atoms with E-state index in [1.54, 1.807) is 24.3 Å². The number of benzene rings is 1. The zero-order chi connectivity index (χ0) is 12.3. The number of pyridine rings is 1. The molecule has 0 aliphatic rings. The fourth-order valence-corrected chi connectivity index (χ4v) is 1.59. The van der Waals surface area contributed by atoms with Gasteiger partial charge in [0, 0.05) is 18.3 Å². The van der Waals surface area contributed by atoms with Crippen LogP contribution >= 0.6 is 0 Å². The summed E-state index contributed by atoms with van der Waals surface area (Å²) >= 11 is 0. The van der Waals surface area contributed by atoms with Crippen LogP contribution in [0.1, 0.15) is 15.9 Å². The molecule has 1 aromatic heterocycles. The summed E-state index contributed by atoms with van der Waals surface area (Å²) in [5.41, 5.74) is 7.02. The largest absolute Gasteiger partial charge is 0.399 e. The number of carbonyl (C=O) groups is 1. The van der Waals surface area contributed by atoms with Crippen molar-refractivity contribution in [1.29, 1.82) is 0 Å². The van der Waals surface area contributed by atoms with Gasteiger partial charge in [0.05, 0.1) is 11.8 Å². The highest BCUT2D eigenvalue weighted by Crippen LogP contribution is 2.12. The fraction of sp³-hybridized carbons (Fsp3) is 0.0769. The molecule has 0 atom stereocenters. The minimum absolute atomic E-state index is 0.0578. The van der Waals surface area contributed by atoms with Crippen molar-refractivity contribution < 1.29 is 9.18 Å². The normalized spacial score (nSPS) is 10.2. The molecule has 3 nitrogen and oxygen atoms in total. The molecule has 2 rings (SSSR count). The number of hydrogen-bond acceptors (Lipinski definition) is 3. The van der Waals surface area contributed by atoms with Gasteiger partial charge in [-0.15, -0.1) is 0 Å². The summed E-state index contributed by atoms with van der Waals surface area (Å²) in [7, 11) is 0. The van der Waals surface area contributed by atoms with Crippen LogP contribution in [0.15, 0.2) is 42.7 Å². The molecule has 4 heteroatoms. The first-order valence-electron chi connectivity index (χ1n) is 5.14. The number of aromatic nitrogens is 1. The first kappa shape index (κ1) is 11.3. The summed E-state index contributed by atoms with van der Waals surface area (Å²) in [4.78, 5) is 15.4. The Bertz CT molecular complexity index is 555. The maximum absolute atomic E-state index is 13.3. The second-order valence-corrected chi connectivity index (χ2v) is 3.70. The molecule has 1 aromatic carbocycles. The van der Waals surface area contributed by atoms with Gasteiger partial charge in [0.1, 0.15) is 0 Å². The van der Waals surface area contributed by atoms with Crippen molar-refractivity contribution in [1.82, 2.24) is 4.98 Å². The van der Waals surface area contributed by atoms with Gasteiger partial charge >= 0.3 is 0 Å². The topological polar surface area (TPSA) is 56.0 Å². The lowest BCUT2D eigenvalue weighted by Gasteiger charge is -2.03. The molecule has 0 aliphatic heterocycles. The average Bonchev–Trinajstić information content (AvgIpc) is 2.29. The Balaban J connectivity index is 2.20. The van der Waals surface area contributed by atoms with Crippen molar-refractivity contribution >= 4 is 11.5 Å². The maximum atomic E-state index is 13.3. The van der Waals surface area contributed by atoms with Crippen molar-refractivity contribution in [3.63, 3.8) is 0 Å². The van der Waals surface area contributed by atoms with E-state index in [4.69, 9.17) is 5.73 Å². The van der Waals surface area contributed by atoms with Gasteiger partial charge in [-0.3, -0.25) is 9.78 Å². The van der Waals surface area contributed by atoms with Crippen LogP contribution in [0.5, 0.6) is 0 Å². The van der Waals surface area contributed by atoms with Gasteiger partial charge in [0.25, 0.3) is 0 Å². The fourth-order valence-electron chi connectivity index (χ4n) is 1.59. The Morgan fingerprint density at radius 3 is 2.88 bits per heavy atom. The number of rotatable bonds is 3. The predicted octanol–water partition coefficient (Wildman–Crippen LogP) is 2.23. The maximum Gasteiger partial charge on any atom is 0.170 e. The summed E-state index contributed by atoms with van der Waals surface area (Å²) in [6, 6.07) is 8.37. The molecule has 17 heavy (non-hydrogen) atoms. The zero-order valence-corrected chi connectivity index (χ0v) is 9.06. The molecule has 0 saturated heterocycles. The van der Waals surface area contributed by atoms with Crippen LogP contribution in [0.25, 0.3) is 0 Å². The quantitative estimate of drug-likeness (QED) is 0.649. The molecule has 0 saturated carbocycles. The van der Waals surface area contributed by atoms with Crippen LogP contribution in [0, 0.1) is 5.82 Å². The second-order valence-electron chi connectivity index (χ2n) is 3.70. The van der Waals surface area contributed by atoms with Crippen LogP contribution in [-0.2, 0) is 6.42 Å². The Kier molecular flexibility index (Phi) is 3.14. The highest BCUT2D eigenvalue weighted by molar-refractivity contribution is 5.97. The number of halogens is 1. The van der Waals surface area contributed by atoms with Crippen LogP contribution in [-0.4, -0.2) is 10.8 Å². The highest BCUT2D eigenvalue weighted by atomic mass is 19.1. The van der Waals surface area contributed by atoms with Gasteiger partial charge in [-0.2, -0.15) is 0 Å². The van der Waals surface area contributed by atoms with Crippen molar-refractivity contribution in [2.75, 3.05) is 5.73 Å². The van der Waals surface area contributed by atoms with E-state index < -0.39 is 5.82 Å². The molecule has 1 heterocycles. The molecule has 0 radical (unpaired) electrons. The molecule has 0 bridgehead atoms. The van der Waals surface area contributed by atoms with Gasteiger partial charge in [0.2, 0.25) is 0 Å². The lowest BCUT2D eigenvalue weighted by molar-refractivity contribution is 0.0989. The minimum atomic E-state index is -0.596. The molecule has 2 N–H and O–H groups in total. The standard InChI is InChI=1S/C13H11FN2O/c14-12-8-16-5-4-11(12)13(17)7-9-2-1-3-10(15)6-9/h1-6,8H,7,15H2. The van der Waals surface area contributed by atoms with E-state index in [-0.39, 0.29) is 17.8 Å². The number of nitrogens with two attached hydrogens (primary N) is 1. The highest BCUT2D eigenvalue weighted by Gasteiger charge is 2.11. The summed E-state index contributed by atoms with van der Waals surface area (Å²) in [5, 5.41) is 0. The van der Waals surface area contributed by atoms with E-state index in [1.165, 1.54) is 12.3 Å². The molecule has 0 fully saturated rings. The van der Waals surface area contributed by atoms with E-state index in [2.05, 4.69) is 4.98 Å². The third-order valence-corrected chi connectivity index (χ3v) is 2.39. The Morgan fingerprint density at radius 1 is 1.35 bits per heavy atom. The molecule has 86 valence electrons. The third-order valence-electron chi connectivity index (χ3n) is 2.39. The molecular weight excluding hydrogens is 219 g/mol. The van der Waals surface area contributed by atoms with Crippen LogP contribution in [0.3, 0.4) is 0 Å². The SMILES string of the molecule is Nc1cccc(CC(=O)c2ccncc2F)c1. The molecule has 0 amide bonds. The molecule has 0 unspecified atom stereocenters. The van der Waals surface area contributed by atoms with Crippen LogP contribution in [0.4, 0.5) is 10.1 Å². The van der Waals surface area contributed by atoms with Gasteiger partial charge in [0.15, 0.2) is 11.6 Å². The molecule has 0 aliphatic carbocycles. The Morgan fingerprint density at radius 2 is 2.18 bits per heavy atom. The lowest BCUT2D eigenvalue weighted by Crippen LogP contribution is -2.06. The Labute approximate surface area is 98.1 Å². The Hall–Kier alpha value is -2.23. The van der Waals surface area contributed by atoms with Gasteiger partial charge in [-0.05, 0) is 23.8 Å². The van der Waals surface area contributed by atoms with E-state index in [0.29, 0.717) is 5.69 Å². The van der Waals surface area contributed by atoms with E-state index in [0.717, 1.165) is 11.8 Å². The number of Topliss-reactive ketones (excluding diaryl/α,β-unsaturated/α-hetero) is 1. The van der Waals surface area contributed by atoms with Crippen LogP contribution in [0.2, 0.25) is 0 Å². The first-order valence-corrected chi connectivity index (χ1v) is 5.14. The number of carbonyl (C=O) groups excluding carboxylic acids is 1. The van der Waals surface area contributed by atoms with Gasteiger partial charge in [-0.25, -0.2) is 4.39 Å².